The average Bonchev–Trinajstić information content (AvgIpc) is 2.16. The molecule has 0 aliphatic rings. The van der Waals surface area contributed by atoms with Gasteiger partial charge in [0.1, 0.15) is 17.0 Å². The number of benzene rings is 1. The molecule has 0 amide bonds. The molecule has 76 valence electrons. The highest BCUT2D eigenvalue weighted by Gasteiger charge is 2.01. The molecule has 1 aromatic carbocycles. The normalized spacial score (nSPS) is 10.4. The minimum absolute atomic E-state index is 0.0599. The molecule has 0 saturated heterocycles. The van der Waals surface area contributed by atoms with E-state index in [1.807, 2.05) is 12.1 Å². The molecule has 4 heteroatoms. The van der Waals surface area contributed by atoms with Gasteiger partial charge in [-0.2, -0.15) is 0 Å². The number of hydrogen-bond donors (Lipinski definition) is 1. The number of carbonyl (C=O) groups excluding carboxylic acids is 1. The molecular formula is C10H12O3S. The highest BCUT2D eigenvalue weighted by molar-refractivity contribution is 7.71. The second kappa shape index (κ2) is 5.54. The number of hydrogen-bond acceptors (Lipinski definition) is 3. The summed E-state index contributed by atoms with van der Waals surface area (Å²) in [5, 5.41) is 0. The number of aryl methyl sites for hydroxylation is 1. The van der Waals surface area contributed by atoms with E-state index in [0.717, 1.165) is 17.4 Å². The van der Waals surface area contributed by atoms with Gasteiger partial charge < -0.3 is 4.79 Å². The molecule has 0 heterocycles. The lowest BCUT2D eigenvalue weighted by atomic mass is 10.0. The summed E-state index contributed by atoms with van der Waals surface area (Å²) in [4.78, 5) is 10.2. The van der Waals surface area contributed by atoms with Gasteiger partial charge in [-0.25, -0.2) is 8.42 Å². The smallest absolute Gasteiger partial charge is 0.144 e. The van der Waals surface area contributed by atoms with Crippen LogP contribution in [0.5, 0.6) is 0 Å². The Morgan fingerprint density at radius 1 is 1.14 bits per heavy atom. The van der Waals surface area contributed by atoms with E-state index < -0.39 is 10.7 Å². The third kappa shape index (κ3) is 3.30. The molecule has 0 fully saturated rings. The van der Waals surface area contributed by atoms with Crippen LogP contribution < -0.4 is 0 Å². The standard InChI is InChI=1S/C10H12O3S/c11-7-3-6-9-4-1-2-5-10(9)8-14(12)13/h1-2,4-5,7,14H,3,6,8H2. The van der Waals surface area contributed by atoms with Crippen LogP contribution in [0.15, 0.2) is 24.3 Å². The number of carbonyl (C=O) groups is 1. The minimum Gasteiger partial charge on any atom is -0.303 e. The van der Waals surface area contributed by atoms with Crippen molar-refractivity contribution >= 4 is 17.0 Å². The molecule has 0 unspecified atom stereocenters. The molecule has 0 bridgehead atoms. The molecule has 0 spiro atoms. The van der Waals surface area contributed by atoms with Crippen LogP contribution in [0, 0.1) is 0 Å². The summed E-state index contributed by atoms with van der Waals surface area (Å²) in [7, 11) is -2.40. The van der Waals surface area contributed by atoms with Crippen LogP contribution in [0.2, 0.25) is 0 Å². The third-order valence-corrected chi connectivity index (χ3v) is 2.55. The van der Waals surface area contributed by atoms with Gasteiger partial charge in [0.25, 0.3) is 0 Å². The van der Waals surface area contributed by atoms with E-state index in [1.54, 1.807) is 12.1 Å². The van der Waals surface area contributed by atoms with E-state index >= 15 is 0 Å². The molecule has 14 heavy (non-hydrogen) atoms. The van der Waals surface area contributed by atoms with Gasteiger partial charge >= 0.3 is 0 Å². The first kappa shape index (κ1) is 10.9. The van der Waals surface area contributed by atoms with Crippen molar-refractivity contribution in [2.45, 2.75) is 18.6 Å². The Hall–Kier alpha value is -1.16. The molecule has 1 aromatic rings. The fraction of sp³-hybridized carbons (Fsp3) is 0.300. The molecule has 1 rings (SSSR count). The van der Waals surface area contributed by atoms with Crippen LogP contribution in [0.4, 0.5) is 0 Å². The zero-order valence-corrected chi connectivity index (χ0v) is 8.57. The summed E-state index contributed by atoms with van der Waals surface area (Å²) >= 11 is 0. The number of aldehydes is 1. The van der Waals surface area contributed by atoms with Crippen LogP contribution in [0.1, 0.15) is 17.5 Å². The average molecular weight is 212 g/mol. The van der Waals surface area contributed by atoms with E-state index in [0.29, 0.717) is 12.8 Å². The quantitative estimate of drug-likeness (QED) is 0.583. The summed E-state index contributed by atoms with van der Waals surface area (Å²) in [5.74, 6) is 0.0599. The highest BCUT2D eigenvalue weighted by Crippen LogP contribution is 2.11. The van der Waals surface area contributed by atoms with Gasteiger partial charge in [-0.3, -0.25) is 0 Å². The maximum absolute atomic E-state index is 10.6. The van der Waals surface area contributed by atoms with Crippen molar-refractivity contribution in [1.82, 2.24) is 0 Å². The van der Waals surface area contributed by atoms with Crippen molar-refractivity contribution < 1.29 is 13.2 Å². The van der Waals surface area contributed by atoms with Gasteiger partial charge in [-0.1, -0.05) is 24.3 Å². The van der Waals surface area contributed by atoms with Gasteiger partial charge in [0, 0.05) is 6.42 Å². The predicted octanol–water partition coefficient (Wildman–Crippen LogP) is 0.930. The Morgan fingerprint density at radius 2 is 1.79 bits per heavy atom. The topological polar surface area (TPSA) is 51.2 Å². The van der Waals surface area contributed by atoms with E-state index in [4.69, 9.17) is 0 Å². The summed E-state index contributed by atoms with van der Waals surface area (Å²) in [6.45, 7) is 0. The van der Waals surface area contributed by atoms with Crippen LogP contribution in [0.25, 0.3) is 0 Å². The fourth-order valence-corrected chi connectivity index (χ4v) is 1.90. The van der Waals surface area contributed by atoms with Crippen molar-refractivity contribution in [2.24, 2.45) is 0 Å². The fourth-order valence-electron chi connectivity index (χ4n) is 1.31. The van der Waals surface area contributed by atoms with Crippen molar-refractivity contribution in [2.75, 3.05) is 0 Å². The maximum Gasteiger partial charge on any atom is 0.144 e. The lowest BCUT2D eigenvalue weighted by Gasteiger charge is -2.03. The van der Waals surface area contributed by atoms with Gasteiger partial charge in [0.2, 0.25) is 0 Å². The first-order valence-corrected chi connectivity index (χ1v) is 5.72. The molecule has 3 nitrogen and oxygen atoms in total. The van der Waals surface area contributed by atoms with Gasteiger partial charge in [-0.05, 0) is 17.5 Å². The molecule has 0 radical (unpaired) electrons. The maximum atomic E-state index is 10.6. The minimum atomic E-state index is -2.40. The predicted molar refractivity (Wildman–Crippen MR) is 54.8 cm³/mol. The van der Waals surface area contributed by atoms with Crippen LogP contribution in [-0.2, 0) is 27.7 Å². The Labute approximate surface area is 84.7 Å². The van der Waals surface area contributed by atoms with Crippen molar-refractivity contribution in [3.8, 4) is 0 Å². The molecular weight excluding hydrogens is 200 g/mol. The van der Waals surface area contributed by atoms with E-state index in [-0.39, 0.29) is 5.75 Å². The molecule has 0 saturated carbocycles. The lowest BCUT2D eigenvalue weighted by molar-refractivity contribution is -0.107. The number of thiol groups is 1. The van der Waals surface area contributed by atoms with Crippen molar-refractivity contribution in [3.63, 3.8) is 0 Å². The van der Waals surface area contributed by atoms with E-state index in [9.17, 15) is 13.2 Å². The molecule has 0 atom stereocenters. The van der Waals surface area contributed by atoms with Crippen molar-refractivity contribution in [1.29, 1.82) is 0 Å². The van der Waals surface area contributed by atoms with Gasteiger partial charge in [0.05, 0.1) is 5.75 Å². The molecule has 0 aromatic heterocycles. The second-order valence-electron chi connectivity index (χ2n) is 2.96. The van der Waals surface area contributed by atoms with Crippen LogP contribution in [0.3, 0.4) is 0 Å². The van der Waals surface area contributed by atoms with E-state index in [1.165, 1.54) is 0 Å². The third-order valence-electron chi connectivity index (χ3n) is 1.95. The Balaban J connectivity index is 2.84. The SMILES string of the molecule is O=CCCc1ccccc1C[SH](=O)=O. The zero-order valence-electron chi connectivity index (χ0n) is 7.68. The summed E-state index contributed by atoms with van der Waals surface area (Å²) in [6, 6.07) is 7.29. The van der Waals surface area contributed by atoms with Crippen LogP contribution >= 0.6 is 0 Å². The highest BCUT2D eigenvalue weighted by atomic mass is 32.2. The lowest BCUT2D eigenvalue weighted by Crippen LogP contribution is -1.95. The summed E-state index contributed by atoms with van der Waals surface area (Å²) in [6.07, 6.45) is 1.89. The monoisotopic (exact) mass is 212 g/mol. The Morgan fingerprint density at radius 3 is 2.36 bits per heavy atom. The second-order valence-corrected chi connectivity index (χ2v) is 3.95. The van der Waals surface area contributed by atoms with Crippen LogP contribution in [-0.4, -0.2) is 14.7 Å². The first-order valence-electron chi connectivity index (χ1n) is 4.36. The molecule has 0 aliphatic heterocycles. The summed E-state index contributed by atoms with van der Waals surface area (Å²) < 4.78 is 21.1. The largest absolute Gasteiger partial charge is 0.303 e. The first-order chi connectivity index (χ1) is 6.74. The molecule has 0 aliphatic carbocycles. The van der Waals surface area contributed by atoms with Crippen molar-refractivity contribution in [3.05, 3.63) is 35.4 Å². The Bertz CT molecular complexity index is 375. The number of rotatable bonds is 5. The Kier molecular flexibility index (Phi) is 4.32. The molecule has 0 N–H and O–H groups in total. The van der Waals surface area contributed by atoms with Gasteiger partial charge in [-0.15, -0.1) is 0 Å². The van der Waals surface area contributed by atoms with E-state index in [2.05, 4.69) is 0 Å². The zero-order chi connectivity index (χ0) is 10.4. The summed E-state index contributed by atoms with van der Waals surface area (Å²) in [5.41, 5.74) is 1.74. The van der Waals surface area contributed by atoms with Gasteiger partial charge in [0.15, 0.2) is 0 Å².